The summed E-state index contributed by atoms with van der Waals surface area (Å²) in [7, 11) is 0. The summed E-state index contributed by atoms with van der Waals surface area (Å²) >= 11 is 0. The van der Waals surface area contributed by atoms with Gasteiger partial charge in [-0.05, 0) is 12.5 Å². The normalized spacial score (nSPS) is 9.89. The van der Waals surface area contributed by atoms with Gasteiger partial charge in [-0.1, -0.05) is 6.92 Å². The minimum atomic E-state index is -0.696. The number of amides is 1. The largest absolute Gasteiger partial charge is 0.477 e. The summed E-state index contributed by atoms with van der Waals surface area (Å²) < 4.78 is 17.9. The quantitative estimate of drug-likeness (QED) is 0.619. The molecule has 0 saturated carbocycles. The van der Waals surface area contributed by atoms with Crippen LogP contribution in [-0.2, 0) is 4.79 Å². The molecule has 0 saturated heterocycles. The van der Waals surface area contributed by atoms with Crippen molar-refractivity contribution in [3.05, 3.63) is 34.1 Å². The maximum Gasteiger partial charge on any atom is 0.311 e. The van der Waals surface area contributed by atoms with Crippen molar-refractivity contribution in [3.8, 4) is 5.75 Å². The Morgan fingerprint density at radius 3 is 2.89 bits per heavy atom. The van der Waals surface area contributed by atoms with E-state index in [1.807, 2.05) is 6.92 Å². The Morgan fingerprint density at radius 2 is 2.28 bits per heavy atom. The van der Waals surface area contributed by atoms with Gasteiger partial charge in [0.15, 0.2) is 6.61 Å². The number of rotatable bonds is 6. The van der Waals surface area contributed by atoms with Gasteiger partial charge >= 0.3 is 5.69 Å². The maximum absolute atomic E-state index is 12.9. The molecule has 1 rings (SSSR count). The van der Waals surface area contributed by atoms with Gasteiger partial charge < -0.3 is 10.1 Å². The highest BCUT2D eigenvalue weighted by Crippen LogP contribution is 2.27. The SMILES string of the molecule is CCCNC(=O)COc1cc(F)ccc1[N+](=O)[O-]. The summed E-state index contributed by atoms with van der Waals surface area (Å²) in [5.41, 5.74) is -0.375. The van der Waals surface area contributed by atoms with Crippen molar-refractivity contribution in [2.45, 2.75) is 13.3 Å². The molecule has 0 heterocycles. The van der Waals surface area contributed by atoms with Crippen molar-refractivity contribution in [1.29, 1.82) is 0 Å². The second-order valence-electron chi connectivity index (χ2n) is 3.51. The lowest BCUT2D eigenvalue weighted by Gasteiger charge is -2.07. The van der Waals surface area contributed by atoms with E-state index in [0.717, 1.165) is 24.6 Å². The topological polar surface area (TPSA) is 81.5 Å². The first kappa shape index (κ1) is 13.9. The average Bonchev–Trinajstić information content (AvgIpc) is 2.33. The summed E-state index contributed by atoms with van der Waals surface area (Å²) in [4.78, 5) is 21.2. The molecule has 0 aromatic heterocycles. The van der Waals surface area contributed by atoms with Gasteiger partial charge in [0.1, 0.15) is 5.82 Å². The molecule has 0 radical (unpaired) electrons. The Kier molecular flexibility index (Phi) is 5.04. The fourth-order valence-corrected chi connectivity index (χ4v) is 1.21. The third-order valence-corrected chi connectivity index (χ3v) is 2.05. The molecule has 0 aliphatic heterocycles. The third-order valence-electron chi connectivity index (χ3n) is 2.05. The maximum atomic E-state index is 12.9. The third kappa shape index (κ3) is 4.00. The number of carbonyl (C=O) groups is 1. The van der Waals surface area contributed by atoms with E-state index in [4.69, 9.17) is 4.74 Å². The van der Waals surface area contributed by atoms with Gasteiger partial charge in [-0.15, -0.1) is 0 Å². The predicted octanol–water partition coefficient (Wildman–Crippen LogP) is 1.64. The zero-order valence-electron chi connectivity index (χ0n) is 9.81. The fraction of sp³-hybridized carbons (Fsp3) is 0.364. The molecule has 98 valence electrons. The van der Waals surface area contributed by atoms with Crippen LogP contribution in [-0.4, -0.2) is 24.0 Å². The molecule has 0 aliphatic rings. The monoisotopic (exact) mass is 256 g/mol. The van der Waals surface area contributed by atoms with E-state index in [1.54, 1.807) is 0 Å². The first-order valence-electron chi connectivity index (χ1n) is 5.38. The van der Waals surface area contributed by atoms with Gasteiger partial charge in [-0.2, -0.15) is 0 Å². The van der Waals surface area contributed by atoms with Crippen molar-refractivity contribution in [1.82, 2.24) is 5.32 Å². The number of nitrogens with zero attached hydrogens (tertiary/aromatic N) is 1. The number of nitro benzene ring substituents is 1. The highest BCUT2D eigenvalue weighted by atomic mass is 19.1. The average molecular weight is 256 g/mol. The Hall–Kier alpha value is -2.18. The van der Waals surface area contributed by atoms with Crippen molar-refractivity contribution in [2.24, 2.45) is 0 Å². The molecule has 7 heteroatoms. The van der Waals surface area contributed by atoms with E-state index < -0.39 is 16.6 Å². The van der Waals surface area contributed by atoms with Gasteiger partial charge in [0.05, 0.1) is 4.92 Å². The zero-order chi connectivity index (χ0) is 13.5. The summed E-state index contributed by atoms with van der Waals surface area (Å²) in [5.74, 6) is -1.33. The molecule has 0 spiro atoms. The van der Waals surface area contributed by atoms with Crippen LogP contribution < -0.4 is 10.1 Å². The van der Waals surface area contributed by atoms with E-state index in [9.17, 15) is 19.3 Å². The van der Waals surface area contributed by atoms with Crippen molar-refractivity contribution in [2.75, 3.05) is 13.2 Å². The van der Waals surface area contributed by atoms with Gasteiger partial charge in [-0.3, -0.25) is 14.9 Å². The Morgan fingerprint density at radius 1 is 1.56 bits per heavy atom. The van der Waals surface area contributed by atoms with E-state index in [-0.39, 0.29) is 18.0 Å². The van der Waals surface area contributed by atoms with Crippen LogP contribution in [0, 0.1) is 15.9 Å². The van der Waals surface area contributed by atoms with Gasteiger partial charge in [0.2, 0.25) is 5.75 Å². The number of nitrogens with one attached hydrogen (secondary N) is 1. The smallest absolute Gasteiger partial charge is 0.311 e. The van der Waals surface area contributed by atoms with Crippen LogP contribution in [0.15, 0.2) is 18.2 Å². The van der Waals surface area contributed by atoms with Crippen LogP contribution in [0.25, 0.3) is 0 Å². The lowest BCUT2D eigenvalue weighted by Crippen LogP contribution is -2.29. The zero-order valence-corrected chi connectivity index (χ0v) is 9.81. The molecular formula is C11H13FN2O4. The summed E-state index contributed by atoms with van der Waals surface area (Å²) in [5, 5.41) is 13.2. The van der Waals surface area contributed by atoms with Crippen LogP contribution in [0.2, 0.25) is 0 Å². The van der Waals surface area contributed by atoms with Crippen LogP contribution >= 0.6 is 0 Å². The van der Waals surface area contributed by atoms with Crippen LogP contribution in [0.3, 0.4) is 0 Å². The van der Waals surface area contributed by atoms with E-state index in [2.05, 4.69) is 5.32 Å². The van der Waals surface area contributed by atoms with Crippen molar-refractivity contribution < 1.29 is 18.8 Å². The molecule has 0 fully saturated rings. The summed E-state index contributed by atoms with van der Waals surface area (Å²) in [6, 6.07) is 2.84. The second kappa shape index (κ2) is 6.53. The Balaban J connectivity index is 2.68. The molecule has 1 aromatic rings. The highest BCUT2D eigenvalue weighted by Gasteiger charge is 2.16. The van der Waals surface area contributed by atoms with Crippen LogP contribution in [0.5, 0.6) is 5.75 Å². The van der Waals surface area contributed by atoms with E-state index in [0.29, 0.717) is 6.54 Å². The molecule has 0 atom stereocenters. The predicted molar refractivity (Wildman–Crippen MR) is 61.9 cm³/mol. The Bertz CT molecular complexity index is 451. The van der Waals surface area contributed by atoms with Crippen molar-refractivity contribution in [3.63, 3.8) is 0 Å². The van der Waals surface area contributed by atoms with Crippen LogP contribution in [0.4, 0.5) is 10.1 Å². The minimum Gasteiger partial charge on any atom is -0.477 e. The lowest BCUT2D eigenvalue weighted by molar-refractivity contribution is -0.385. The Labute approximate surface area is 103 Å². The number of hydrogen-bond donors (Lipinski definition) is 1. The highest BCUT2D eigenvalue weighted by molar-refractivity contribution is 5.77. The van der Waals surface area contributed by atoms with Crippen molar-refractivity contribution >= 4 is 11.6 Å². The number of nitro groups is 1. The summed E-state index contributed by atoms with van der Waals surface area (Å²) in [6.45, 7) is 2.00. The van der Waals surface area contributed by atoms with Gasteiger partial charge in [-0.25, -0.2) is 4.39 Å². The van der Waals surface area contributed by atoms with Crippen LogP contribution in [0.1, 0.15) is 13.3 Å². The number of carbonyl (C=O) groups excluding carboxylic acids is 1. The second-order valence-corrected chi connectivity index (χ2v) is 3.51. The molecule has 0 aliphatic carbocycles. The number of benzene rings is 1. The fourth-order valence-electron chi connectivity index (χ4n) is 1.21. The minimum absolute atomic E-state index is 0.258. The molecular weight excluding hydrogens is 243 g/mol. The summed E-state index contributed by atoms with van der Waals surface area (Å²) in [6.07, 6.45) is 0.770. The molecule has 0 unspecified atom stereocenters. The standard InChI is InChI=1S/C11H13FN2O4/c1-2-5-13-11(15)7-18-10-6-8(12)3-4-9(10)14(16)17/h3-4,6H,2,5,7H2,1H3,(H,13,15). The van der Waals surface area contributed by atoms with E-state index in [1.165, 1.54) is 0 Å². The molecule has 0 bridgehead atoms. The number of halogens is 1. The molecule has 6 nitrogen and oxygen atoms in total. The van der Waals surface area contributed by atoms with Gasteiger partial charge in [0, 0.05) is 18.7 Å². The molecule has 18 heavy (non-hydrogen) atoms. The lowest BCUT2D eigenvalue weighted by atomic mass is 10.3. The first-order chi connectivity index (χ1) is 8.54. The molecule has 1 amide bonds. The molecule has 1 aromatic carbocycles. The molecule has 1 N–H and O–H groups in total. The van der Waals surface area contributed by atoms with E-state index >= 15 is 0 Å². The number of hydrogen-bond acceptors (Lipinski definition) is 4. The number of ether oxygens (including phenoxy) is 1. The first-order valence-corrected chi connectivity index (χ1v) is 5.38. The van der Waals surface area contributed by atoms with Gasteiger partial charge in [0.25, 0.3) is 5.91 Å².